The van der Waals surface area contributed by atoms with E-state index in [1.165, 1.54) is 30.5 Å². The Morgan fingerprint density at radius 2 is 1.97 bits per heavy atom. The van der Waals surface area contributed by atoms with Crippen LogP contribution < -0.4 is 4.74 Å². The first kappa shape index (κ1) is 24.6. The molecule has 198 valence electrons. The number of aromatic nitrogens is 4. The molecule has 0 bridgehead atoms. The second-order valence-electron chi connectivity index (χ2n) is 9.12. The van der Waals surface area contributed by atoms with E-state index in [9.17, 15) is 27.5 Å². The number of hydrogen-bond acceptors (Lipinski definition) is 6. The van der Waals surface area contributed by atoms with E-state index in [1.807, 2.05) is 12.1 Å². The Labute approximate surface area is 217 Å². The number of carbonyl (C=O) groups is 1. The lowest BCUT2D eigenvalue weighted by molar-refractivity contribution is -0.274. The van der Waals surface area contributed by atoms with Gasteiger partial charge in [-0.3, -0.25) is 9.78 Å². The van der Waals surface area contributed by atoms with Crippen molar-refractivity contribution >= 4 is 16.9 Å². The summed E-state index contributed by atoms with van der Waals surface area (Å²) in [7, 11) is 0. The van der Waals surface area contributed by atoms with Crippen LogP contribution in [-0.2, 0) is 11.2 Å². The maximum Gasteiger partial charge on any atom is 0.573 e. The fourth-order valence-electron chi connectivity index (χ4n) is 5.09. The Kier molecular flexibility index (Phi) is 5.82. The first-order chi connectivity index (χ1) is 18.7. The fourth-order valence-corrected chi connectivity index (χ4v) is 5.09. The third kappa shape index (κ3) is 4.58. The van der Waals surface area contributed by atoms with Crippen LogP contribution in [0.5, 0.6) is 5.75 Å². The number of aryl methyl sites for hydroxylation is 1. The number of H-pyrrole nitrogens is 1. The number of benzene rings is 2. The van der Waals surface area contributed by atoms with Gasteiger partial charge in [0.1, 0.15) is 11.6 Å². The van der Waals surface area contributed by atoms with E-state index < -0.39 is 23.9 Å². The number of carboxylic acid groups (broad SMARTS) is 1. The quantitative estimate of drug-likeness (QED) is 0.238. The molecule has 0 saturated heterocycles. The predicted octanol–water partition coefficient (Wildman–Crippen LogP) is 6.49. The minimum Gasteiger partial charge on any atom is -0.481 e. The molecule has 2 N–H and O–H groups in total. The smallest absolute Gasteiger partial charge is 0.481 e. The van der Waals surface area contributed by atoms with Gasteiger partial charge in [0, 0.05) is 45.4 Å². The van der Waals surface area contributed by atoms with Crippen molar-refractivity contribution in [3.63, 3.8) is 0 Å². The van der Waals surface area contributed by atoms with Gasteiger partial charge >= 0.3 is 12.3 Å². The van der Waals surface area contributed by atoms with Gasteiger partial charge in [-0.1, -0.05) is 17.3 Å². The molecule has 1 aliphatic carbocycles. The van der Waals surface area contributed by atoms with E-state index in [0.29, 0.717) is 12.0 Å². The van der Waals surface area contributed by atoms with Crippen LogP contribution in [0, 0.1) is 5.82 Å². The molecule has 6 rings (SSSR count). The molecule has 0 amide bonds. The van der Waals surface area contributed by atoms with Gasteiger partial charge in [-0.25, -0.2) is 4.39 Å². The number of pyridine rings is 1. The number of nitrogens with zero attached hydrogens (tertiary/aromatic N) is 3. The van der Waals surface area contributed by atoms with E-state index in [1.54, 1.807) is 6.07 Å². The number of alkyl halides is 3. The lowest BCUT2D eigenvalue weighted by atomic mass is 10.0. The zero-order valence-electron chi connectivity index (χ0n) is 19.9. The van der Waals surface area contributed by atoms with Crippen LogP contribution in [0.4, 0.5) is 17.6 Å². The minimum absolute atomic E-state index is 0.0334. The summed E-state index contributed by atoms with van der Waals surface area (Å²) >= 11 is 0. The molecule has 1 aliphatic rings. The highest BCUT2D eigenvalue weighted by atomic mass is 19.4. The molecule has 1 unspecified atom stereocenters. The normalized spacial score (nSPS) is 15.0. The zero-order chi connectivity index (χ0) is 27.3. The molecular formula is C27H18F4N4O4. The second kappa shape index (κ2) is 9.22. The van der Waals surface area contributed by atoms with E-state index in [-0.39, 0.29) is 40.7 Å². The zero-order valence-corrected chi connectivity index (χ0v) is 19.9. The summed E-state index contributed by atoms with van der Waals surface area (Å²) in [5, 5.41) is 14.1. The third-order valence-corrected chi connectivity index (χ3v) is 6.72. The summed E-state index contributed by atoms with van der Waals surface area (Å²) < 4.78 is 64.3. The van der Waals surface area contributed by atoms with Crippen LogP contribution in [0.1, 0.15) is 30.0 Å². The number of halogens is 4. The second-order valence-corrected chi connectivity index (χ2v) is 9.12. The molecule has 5 aromatic rings. The first-order valence-corrected chi connectivity index (χ1v) is 11.9. The Morgan fingerprint density at radius 3 is 2.74 bits per heavy atom. The van der Waals surface area contributed by atoms with Crippen molar-refractivity contribution in [3.8, 4) is 39.7 Å². The molecule has 0 radical (unpaired) electrons. The molecule has 0 spiro atoms. The summed E-state index contributed by atoms with van der Waals surface area (Å²) in [4.78, 5) is 22.5. The maximum absolute atomic E-state index is 14.4. The van der Waals surface area contributed by atoms with E-state index in [4.69, 9.17) is 4.52 Å². The van der Waals surface area contributed by atoms with Crippen LogP contribution in [0.15, 0.2) is 59.4 Å². The highest BCUT2D eigenvalue weighted by molar-refractivity contribution is 5.89. The number of aromatic amines is 1. The number of ether oxygens (including phenoxy) is 1. The highest BCUT2D eigenvalue weighted by Crippen LogP contribution is 2.43. The number of nitrogens with one attached hydrogen (secondary N) is 1. The van der Waals surface area contributed by atoms with Crippen LogP contribution in [-0.4, -0.2) is 37.5 Å². The van der Waals surface area contributed by atoms with Crippen molar-refractivity contribution in [2.24, 2.45) is 0 Å². The van der Waals surface area contributed by atoms with Crippen molar-refractivity contribution < 1.29 is 36.7 Å². The summed E-state index contributed by atoms with van der Waals surface area (Å²) in [6.45, 7) is 0. The van der Waals surface area contributed by atoms with E-state index in [2.05, 4.69) is 24.8 Å². The Bertz CT molecular complexity index is 1730. The van der Waals surface area contributed by atoms with Crippen LogP contribution in [0.3, 0.4) is 0 Å². The van der Waals surface area contributed by atoms with Gasteiger partial charge in [-0.05, 0) is 48.7 Å². The Morgan fingerprint density at radius 1 is 1.15 bits per heavy atom. The lowest BCUT2D eigenvalue weighted by Crippen LogP contribution is -2.18. The van der Waals surface area contributed by atoms with Crippen molar-refractivity contribution in [1.29, 1.82) is 0 Å². The molecule has 39 heavy (non-hydrogen) atoms. The van der Waals surface area contributed by atoms with Gasteiger partial charge < -0.3 is 19.4 Å². The molecule has 0 saturated carbocycles. The topological polar surface area (TPSA) is 114 Å². The summed E-state index contributed by atoms with van der Waals surface area (Å²) in [5.74, 6) is -2.60. The molecule has 2 aromatic carbocycles. The molecule has 1 atom stereocenters. The summed E-state index contributed by atoms with van der Waals surface area (Å²) in [6, 6.07) is 10.6. The van der Waals surface area contributed by atoms with Crippen LogP contribution >= 0.6 is 0 Å². The molecule has 12 heteroatoms. The van der Waals surface area contributed by atoms with E-state index in [0.717, 1.165) is 34.8 Å². The summed E-state index contributed by atoms with van der Waals surface area (Å²) in [5.41, 5.74) is 2.83. The molecule has 8 nitrogen and oxygen atoms in total. The minimum atomic E-state index is -5.07. The molecule has 3 heterocycles. The highest BCUT2D eigenvalue weighted by Gasteiger charge is 2.35. The standard InChI is InChI=1S/C27H18F4N4O4/c28-20-12-32-9-8-15(20)17-2-1-3-18(24(17)38-27(29,30)31)26-34-25(35-39-26)14-5-7-21-19(10-14)16-6-4-13(11-22(36)37)23(16)33-21/h1-3,5,7-10,12-13,33H,4,6,11H2,(H,36,37). The van der Waals surface area contributed by atoms with Crippen LogP contribution in [0.2, 0.25) is 0 Å². The summed E-state index contributed by atoms with van der Waals surface area (Å²) in [6.07, 6.45) is -1.46. The number of carboxylic acids is 1. The van der Waals surface area contributed by atoms with Crippen LogP contribution in [0.25, 0.3) is 44.9 Å². The van der Waals surface area contributed by atoms with Crippen molar-refractivity contribution in [2.75, 3.05) is 0 Å². The van der Waals surface area contributed by atoms with Gasteiger partial charge in [0.15, 0.2) is 0 Å². The number of aliphatic carboxylic acids is 1. The monoisotopic (exact) mass is 538 g/mol. The largest absolute Gasteiger partial charge is 0.573 e. The molecule has 0 aliphatic heterocycles. The van der Waals surface area contributed by atoms with Crippen molar-refractivity contribution in [1.82, 2.24) is 20.1 Å². The number of hydrogen-bond donors (Lipinski definition) is 2. The van der Waals surface area contributed by atoms with Gasteiger partial charge in [-0.15, -0.1) is 13.2 Å². The SMILES string of the molecule is O=C(O)CC1CCc2c1[nH]c1ccc(-c3noc(-c4cccc(-c5ccncc5F)c4OC(F)(F)F)n3)cc21. The van der Waals surface area contributed by atoms with E-state index >= 15 is 0 Å². The van der Waals surface area contributed by atoms with Crippen molar-refractivity contribution in [2.45, 2.75) is 31.5 Å². The average Bonchev–Trinajstić information content (AvgIpc) is 3.60. The fraction of sp³-hybridized carbons (Fsp3) is 0.185. The molecule has 0 fully saturated rings. The molecule has 3 aromatic heterocycles. The Balaban J connectivity index is 1.41. The van der Waals surface area contributed by atoms with Gasteiger partial charge in [0.25, 0.3) is 5.89 Å². The third-order valence-electron chi connectivity index (χ3n) is 6.72. The van der Waals surface area contributed by atoms with Crippen molar-refractivity contribution in [3.05, 3.63) is 71.9 Å². The number of rotatable bonds is 6. The van der Waals surface area contributed by atoms with Gasteiger partial charge in [-0.2, -0.15) is 4.98 Å². The number of fused-ring (bicyclic) bond motifs is 3. The maximum atomic E-state index is 14.4. The predicted molar refractivity (Wildman–Crippen MR) is 130 cm³/mol. The Hall–Kier alpha value is -4.74. The van der Waals surface area contributed by atoms with Gasteiger partial charge in [0.2, 0.25) is 5.82 Å². The lowest BCUT2D eigenvalue weighted by Gasteiger charge is -2.16. The van der Waals surface area contributed by atoms with Gasteiger partial charge in [0.05, 0.1) is 18.2 Å². The molecular weight excluding hydrogens is 520 g/mol. The average molecular weight is 538 g/mol. The number of para-hydroxylation sites is 1. The first-order valence-electron chi connectivity index (χ1n) is 11.9.